The van der Waals surface area contributed by atoms with Crippen molar-refractivity contribution in [3.63, 3.8) is 0 Å². The maximum atomic E-state index is 12.4. The molecule has 0 bridgehead atoms. The highest BCUT2D eigenvalue weighted by Crippen LogP contribution is 2.20. The van der Waals surface area contributed by atoms with Crippen LogP contribution in [0.25, 0.3) is 0 Å². The Labute approximate surface area is 128 Å². The smallest absolute Gasteiger partial charge is 0.324 e. The van der Waals surface area contributed by atoms with Crippen LogP contribution in [0.4, 0.5) is 10.5 Å². The van der Waals surface area contributed by atoms with E-state index in [-0.39, 0.29) is 12.5 Å². The molecule has 112 valence electrons. The third-order valence-corrected chi connectivity index (χ3v) is 2.97. The number of carboxylic acid groups (broad SMARTS) is 1. The minimum absolute atomic E-state index is 0.214. The van der Waals surface area contributed by atoms with Crippen LogP contribution in [0.5, 0.6) is 0 Å². The van der Waals surface area contributed by atoms with E-state index in [1.807, 2.05) is 6.07 Å². The fourth-order valence-electron chi connectivity index (χ4n) is 1.78. The molecule has 1 atom stereocenters. The summed E-state index contributed by atoms with van der Waals surface area (Å²) in [5.74, 6) is -1.48. The van der Waals surface area contributed by atoms with Gasteiger partial charge in [0.2, 0.25) is 0 Å². The van der Waals surface area contributed by atoms with E-state index >= 15 is 0 Å². The number of hydrogen-bond donors (Lipinski definition) is 1. The minimum Gasteiger partial charge on any atom is -0.480 e. The Kier molecular flexibility index (Phi) is 6.00. The highest BCUT2D eigenvalue weighted by Gasteiger charge is 2.23. The summed E-state index contributed by atoms with van der Waals surface area (Å²) in [6.45, 7) is 1.42. The lowest BCUT2D eigenvalue weighted by atomic mass is 10.2. The quantitative estimate of drug-likeness (QED) is 0.905. The van der Waals surface area contributed by atoms with Crippen molar-refractivity contribution in [1.29, 1.82) is 5.26 Å². The topological polar surface area (TPSA) is 84.6 Å². The fourth-order valence-corrected chi connectivity index (χ4v) is 1.97. The Balaban J connectivity index is 3.00. The van der Waals surface area contributed by atoms with Crippen LogP contribution in [-0.4, -0.2) is 42.1 Å². The van der Waals surface area contributed by atoms with E-state index in [0.717, 1.165) is 4.90 Å². The van der Waals surface area contributed by atoms with E-state index in [1.54, 1.807) is 25.1 Å². The maximum Gasteiger partial charge on any atom is 0.324 e. The van der Waals surface area contributed by atoms with Crippen LogP contribution >= 0.6 is 11.6 Å². The van der Waals surface area contributed by atoms with E-state index in [9.17, 15) is 9.59 Å². The molecule has 0 aliphatic rings. The van der Waals surface area contributed by atoms with Crippen LogP contribution in [0, 0.1) is 17.2 Å². The number of anilines is 1. The number of carboxylic acids is 1. The average Bonchev–Trinajstić information content (AvgIpc) is 2.43. The Hall–Kier alpha value is -2.26. The zero-order valence-corrected chi connectivity index (χ0v) is 12.5. The van der Waals surface area contributed by atoms with Gasteiger partial charge in [-0.15, -0.1) is 0 Å². The third kappa shape index (κ3) is 4.97. The molecule has 2 amide bonds. The van der Waals surface area contributed by atoms with E-state index in [2.05, 4.69) is 0 Å². The summed E-state index contributed by atoms with van der Waals surface area (Å²) in [6, 6.07) is 7.93. The number of amides is 2. The number of aliphatic carboxylic acids is 1. The Bertz CT molecular complexity index is 571. The standard InChI is InChI=1S/C14H16ClN3O3/c1-10(7-16)8-17(2)14(21)18(9-13(19)20)12-5-3-4-11(15)6-12/h3-6,10H,8-9H2,1-2H3,(H,19,20). The van der Waals surface area contributed by atoms with E-state index in [0.29, 0.717) is 10.7 Å². The number of hydrogen-bond acceptors (Lipinski definition) is 3. The first-order chi connectivity index (χ1) is 9.85. The monoisotopic (exact) mass is 309 g/mol. The van der Waals surface area contributed by atoms with Crippen molar-refractivity contribution in [2.24, 2.45) is 5.92 Å². The van der Waals surface area contributed by atoms with Crippen molar-refractivity contribution >= 4 is 29.3 Å². The Morgan fingerprint density at radius 1 is 1.48 bits per heavy atom. The maximum absolute atomic E-state index is 12.4. The highest BCUT2D eigenvalue weighted by atomic mass is 35.5. The molecule has 0 fully saturated rings. The van der Waals surface area contributed by atoms with Crippen molar-refractivity contribution in [3.8, 4) is 6.07 Å². The molecule has 1 N–H and O–H groups in total. The molecule has 0 aliphatic carbocycles. The molecule has 0 radical (unpaired) electrons. The lowest BCUT2D eigenvalue weighted by Crippen LogP contribution is -2.45. The van der Waals surface area contributed by atoms with E-state index in [1.165, 1.54) is 18.0 Å². The van der Waals surface area contributed by atoms with Crippen molar-refractivity contribution < 1.29 is 14.7 Å². The molecule has 1 aromatic carbocycles. The molecular formula is C14H16ClN3O3. The van der Waals surface area contributed by atoms with Gasteiger partial charge < -0.3 is 10.0 Å². The molecule has 0 heterocycles. The number of urea groups is 1. The second-order valence-corrected chi connectivity index (χ2v) is 5.09. The molecule has 1 rings (SSSR count). The first kappa shape index (κ1) is 16.8. The SMILES string of the molecule is CC(C#N)CN(C)C(=O)N(CC(=O)O)c1cccc(Cl)c1. The van der Waals surface area contributed by atoms with Gasteiger partial charge in [0.15, 0.2) is 0 Å². The zero-order valence-electron chi connectivity index (χ0n) is 11.8. The summed E-state index contributed by atoms with van der Waals surface area (Å²) in [5.41, 5.74) is 0.395. The van der Waals surface area contributed by atoms with Gasteiger partial charge in [-0.3, -0.25) is 9.69 Å². The van der Waals surface area contributed by atoms with E-state index < -0.39 is 18.5 Å². The molecule has 1 unspecified atom stereocenters. The second kappa shape index (κ2) is 7.50. The number of benzene rings is 1. The van der Waals surface area contributed by atoms with Gasteiger partial charge in [0.05, 0.1) is 12.0 Å². The number of rotatable bonds is 5. The summed E-state index contributed by atoms with van der Waals surface area (Å²) in [5, 5.41) is 18.2. The number of carbonyl (C=O) groups excluding carboxylic acids is 1. The second-order valence-electron chi connectivity index (χ2n) is 4.65. The first-order valence-electron chi connectivity index (χ1n) is 6.24. The summed E-state index contributed by atoms with van der Waals surface area (Å²) in [7, 11) is 1.52. The number of carbonyl (C=O) groups is 2. The zero-order chi connectivity index (χ0) is 16.0. The normalized spacial score (nSPS) is 11.3. The molecule has 6 nitrogen and oxygen atoms in total. The predicted molar refractivity (Wildman–Crippen MR) is 79.2 cm³/mol. The van der Waals surface area contributed by atoms with Gasteiger partial charge in [0.25, 0.3) is 0 Å². The molecule has 0 saturated carbocycles. The summed E-state index contributed by atoms with van der Waals surface area (Å²) in [4.78, 5) is 25.8. The van der Waals surface area contributed by atoms with Crippen LogP contribution in [0.3, 0.4) is 0 Å². The van der Waals surface area contributed by atoms with Crippen LogP contribution in [0.15, 0.2) is 24.3 Å². The fraction of sp³-hybridized carbons (Fsp3) is 0.357. The van der Waals surface area contributed by atoms with Crippen molar-refractivity contribution in [1.82, 2.24) is 4.90 Å². The van der Waals surface area contributed by atoms with Gasteiger partial charge in [-0.1, -0.05) is 17.7 Å². The van der Waals surface area contributed by atoms with E-state index in [4.69, 9.17) is 22.0 Å². The lowest BCUT2D eigenvalue weighted by molar-refractivity contribution is -0.135. The van der Waals surface area contributed by atoms with Gasteiger partial charge in [0.1, 0.15) is 6.54 Å². The largest absolute Gasteiger partial charge is 0.480 e. The number of halogens is 1. The molecular weight excluding hydrogens is 294 g/mol. The summed E-state index contributed by atoms with van der Waals surface area (Å²) < 4.78 is 0. The third-order valence-electron chi connectivity index (χ3n) is 2.74. The number of nitriles is 1. The van der Waals surface area contributed by atoms with Crippen LogP contribution in [-0.2, 0) is 4.79 Å². The molecule has 0 aliphatic heterocycles. The predicted octanol–water partition coefficient (Wildman–Crippen LogP) is 2.44. The molecule has 0 aromatic heterocycles. The molecule has 0 spiro atoms. The van der Waals surface area contributed by atoms with Gasteiger partial charge >= 0.3 is 12.0 Å². The van der Waals surface area contributed by atoms with Gasteiger partial charge in [-0.05, 0) is 25.1 Å². The van der Waals surface area contributed by atoms with Gasteiger partial charge in [-0.2, -0.15) is 5.26 Å². The van der Waals surface area contributed by atoms with Crippen LogP contribution in [0.2, 0.25) is 5.02 Å². The van der Waals surface area contributed by atoms with Crippen molar-refractivity contribution in [2.45, 2.75) is 6.92 Å². The molecule has 21 heavy (non-hydrogen) atoms. The minimum atomic E-state index is -1.13. The molecule has 7 heteroatoms. The Morgan fingerprint density at radius 2 is 2.14 bits per heavy atom. The molecule has 1 aromatic rings. The van der Waals surface area contributed by atoms with Gasteiger partial charge in [-0.25, -0.2) is 4.79 Å². The summed E-state index contributed by atoms with van der Waals surface area (Å²) >= 11 is 5.87. The van der Waals surface area contributed by atoms with Gasteiger partial charge in [0, 0.05) is 24.3 Å². The van der Waals surface area contributed by atoms with Crippen LogP contribution < -0.4 is 4.90 Å². The molecule has 0 saturated heterocycles. The van der Waals surface area contributed by atoms with Crippen LogP contribution in [0.1, 0.15) is 6.92 Å². The van der Waals surface area contributed by atoms with Crippen molar-refractivity contribution in [2.75, 3.05) is 25.0 Å². The van der Waals surface area contributed by atoms with Crippen molar-refractivity contribution in [3.05, 3.63) is 29.3 Å². The highest BCUT2D eigenvalue weighted by molar-refractivity contribution is 6.30. The average molecular weight is 310 g/mol. The summed E-state index contributed by atoms with van der Waals surface area (Å²) in [6.07, 6.45) is 0. The first-order valence-corrected chi connectivity index (χ1v) is 6.62. The lowest BCUT2D eigenvalue weighted by Gasteiger charge is -2.27. The Morgan fingerprint density at radius 3 is 2.67 bits per heavy atom. The number of nitrogens with zero attached hydrogens (tertiary/aromatic N) is 3.